The highest BCUT2D eigenvalue weighted by atomic mass is 16.6. The third kappa shape index (κ3) is 8.02. The second-order valence-electron chi connectivity index (χ2n) is 10.5. The van der Waals surface area contributed by atoms with Crippen LogP contribution < -0.4 is 10.6 Å². The van der Waals surface area contributed by atoms with E-state index in [1.807, 2.05) is 30.5 Å². The highest BCUT2D eigenvalue weighted by Crippen LogP contribution is 2.23. The van der Waals surface area contributed by atoms with Crippen molar-refractivity contribution >= 4 is 28.7 Å². The molecule has 2 atom stereocenters. The number of H-pyrrole nitrogens is 1. The summed E-state index contributed by atoms with van der Waals surface area (Å²) in [6, 6.07) is 6.18. The van der Waals surface area contributed by atoms with E-state index in [4.69, 9.17) is 4.74 Å². The number of carbonyl (C=O) groups is 3. The monoisotopic (exact) mass is 443 g/mol. The predicted molar refractivity (Wildman–Crippen MR) is 126 cm³/mol. The second-order valence-corrected chi connectivity index (χ2v) is 10.5. The zero-order valence-electron chi connectivity index (χ0n) is 20.3. The zero-order chi connectivity index (χ0) is 24.1. The normalized spacial score (nSPS) is 14.0. The minimum absolute atomic E-state index is 0.00787. The molecule has 0 aliphatic rings. The van der Waals surface area contributed by atoms with Crippen molar-refractivity contribution in [3.8, 4) is 0 Å². The number of rotatable bonds is 8. The van der Waals surface area contributed by atoms with E-state index < -0.39 is 29.6 Å². The Kier molecular flexibility index (Phi) is 8.10. The molecule has 0 bridgehead atoms. The van der Waals surface area contributed by atoms with E-state index in [9.17, 15) is 14.4 Å². The first kappa shape index (κ1) is 25.4. The molecule has 0 saturated heterocycles. The summed E-state index contributed by atoms with van der Waals surface area (Å²) in [5.41, 5.74) is 1.20. The zero-order valence-corrected chi connectivity index (χ0v) is 20.3. The molecular formula is C25H37N3O4. The molecule has 0 spiro atoms. The van der Waals surface area contributed by atoms with Gasteiger partial charge in [-0.15, -0.1) is 0 Å². The highest BCUT2D eigenvalue weighted by Gasteiger charge is 2.31. The van der Waals surface area contributed by atoms with Gasteiger partial charge in [-0.25, -0.2) is 4.79 Å². The van der Waals surface area contributed by atoms with E-state index in [-0.39, 0.29) is 11.3 Å². The quantitative estimate of drug-likeness (QED) is 0.539. The first-order valence-corrected chi connectivity index (χ1v) is 11.1. The van der Waals surface area contributed by atoms with Crippen LogP contribution in [0.1, 0.15) is 66.9 Å². The van der Waals surface area contributed by atoms with Crippen molar-refractivity contribution in [3.63, 3.8) is 0 Å². The van der Waals surface area contributed by atoms with Crippen LogP contribution in [0.25, 0.3) is 10.9 Å². The number of carbonyl (C=O) groups excluding carboxylic acids is 3. The summed E-state index contributed by atoms with van der Waals surface area (Å²) in [5.74, 6) is -1.19. The molecule has 3 N–H and O–H groups in total. The topological polar surface area (TPSA) is 100 Å². The molecule has 32 heavy (non-hydrogen) atoms. The number of ether oxygens (including phenoxy) is 1. The lowest BCUT2D eigenvalue weighted by molar-refractivity contribution is -0.159. The molecule has 0 saturated carbocycles. The maximum atomic E-state index is 13.2. The summed E-state index contributed by atoms with van der Waals surface area (Å²) in [6.45, 7) is 13.0. The third-order valence-electron chi connectivity index (χ3n) is 4.98. The lowest BCUT2D eigenvalue weighted by Crippen LogP contribution is -2.53. The molecule has 1 aromatic heterocycles. The number of aromatic amines is 1. The first-order chi connectivity index (χ1) is 14.7. The molecule has 2 amide bonds. The highest BCUT2D eigenvalue weighted by molar-refractivity contribution is 5.91. The molecule has 0 fully saturated rings. The van der Waals surface area contributed by atoms with Gasteiger partial charge in [0, 0.05) is 30.4 Å². The molecule has 0 aliphatic carbocycles. The number of nitrogens with one attached hydrogen (secondary N) is 3. The minimum atomic E-state index is -0.814. The van der Waals surface area contributed by atoms with E-state index in [1.54, 1.807) is 20.8 Å². The molecule has 1 aromatic carbocycles. The van der Waals surface area contributed by atoms with Crippen LogP contribution in [0.3, 0.4) is 0 Å². The van der Waals surface area contributed by atoms with Gasteiger partial charge in [0.2, 0.25) is 11.8 Å². The number of esters is 1. The van der Waals surface area contributed by atoms with E-state index >= 15 is 0 Å². The van der Waals surface area contributed by atoms with Crippen molar-refractivity contribution in [1.29, 1.82) is 0 Å². The van der Waals surface area contributed by atoms with Crippen LogP contribution in [0, 0.1) is 5.41 Å². The van der Waals surface area contributed by atoms with Crippen molar-refractivity contribution in [2.45, 2.75) is 85.4 Å². The summed E-state index contributed by atoms with van der Waals surface area (Å²) >= 11 is 0. The summed E-state index contributed by atoms with van der Waals surface area (Å²) in [5, 5.41) is 6.56. The average molecular weight is 444 g/mol. The maximum Gasteiger partial charge on any atom is 0.329 e. The van der Waals surface area contributed by atoms with E-state index in [0.29, 0.717) is 12.8 Å². The molecule has 0 unspecified atom stereocenters. The lowest BCUT2D eigenvalue weighted by atomic mass is 9.88. The van der Waals surface area contributed by atoms with Gasteiger partial charge in [-0.05, 0) is 50.7 Å². The molecule has 0 radical (unpaired) electrons. The predicted octanol–water partition coefficient (Wildman–Crippen LogP) is 3.87. The second kappa shape index (κ2) is 10.2. The summed E-state index contributed by atoms with van der Waals surface area (Å²) in [6.07, 6.45) is 3.32. The van der Waals surface area contributed by atoms with Gasteiger partial charge in [0.1, 0.15) is 17.7 Å². The van der Waals surface area contributed by atoms with Crippen LogP contribution in [-0.4, -0.2) is 40.5 Å². The number of benzene rings is 1. The molecule has 0 aliphatic heterocycles. The van der Waals surface area contributed by atoms with Gasteiger partial charge < -0.3 is 20.4 Å². The van der Waals surface area contributed by atoms with Gasteiger partial charge in [0.15, 0.2) is 0 Å². The number of aromatic nitrogens is 1. The summed E-state index contributed by atoms with van der Waals surface area (Å²) < 4.78 is 5.54. The minimum Gasteiger partial charge on any atom is -0.458 e. The molecule has 7 heteroatoms. The van der Waals surface area contributed by atoms with E-state index in [0.717, 1.165) is 22.9 Å². The van der Waals surface area contributed by atoms with Crippen molar-refractivity contribution in [2.24, 2.45) is 5.41 Å². The van der Waals surface area contributed by atoms with Crippen LogP contribution in [0.4, 0.5) is 0 Å². The van der Waals surface area contributed by atoms with Crippen LogP contribution in [0.5, 0.6) is 0 Å². The maximum absolute atomic E-state index is 13.2. The number of hydrogen-bond acceptors (Lipinski definition) is 4. The molecular weight excluding hydrogens is 406 g/mol. The standard InChI is InChI=1S/C25H37N3O4/c1-16(29)27-21(14-17-15-26-19-11-9-8-10-18(17)19)22(30)28-20(12-13-24(2,3)4)23(31)32-25(5,6)7/h8-11,15,20-21,26H,12-14H2,1-7H3,(H,27,29)(H,28,30)/t20-,21-/m0/s1. The van der Waals surface area contributed by atoms with Crippen LogP contribution in [0.2, 0.25) is 0 Å². The van der Waals surface area contributed by atoms with Crippen molar-refractivity contribution < 1.29 is 19.1 Å². The first-order valence-electron chi connectivity index (χ1n) is 11.1. The number of fused-ring (bicyclic) bond motifs is 1. The van der Waals surface area contributed by atoms with Gasteiger partial charge in [-0.1, -0.05) is 39.0 Å². The Balaban J connectivity index is 2.22. The molecule has 176 valence electrons. The Hall–Kier alpha value is -2.83. The van der Waals surface area contributed by atoms with Gasteiger partial charge >= 0.3 is 5.97 Å². The van der Waals surface area contributed by atoms with Gasteiger partial charge in [-0.3, -0.25) is 9.59 Å². The lowest BCUT2D eigenvalue weighted by Gasteiger charge is -2.28. The smallest absolute Gasteiger partial charge is 0.329 e. The van der Waals surface area contributed by atoms with Crippen LogP contribution in [0.15, 0.2) is 30.5 Å². The Morgan fingerprint density at radius 3 is 2.25 bits per heavy atom. The van der Waals surface area contributed by atoms with Gasteiger partial charge in [0.05, 0.1) is 0 Å². The summed E-state index contributed by atoms with van der Waals surface area (Å²) in [4.78, 5) is 41.0. The average Bonchev–Trinajstić information content (AvgIpc) is 3.05. The largest absolute Gasteiger partial charge is 0.458 e. The van der Waals surface area contributed by atoms with Crippen LogP contribution in [-0.2, 0) is 25.5 Å². The molecule has 7 nitrogen and oxygen atoms in total. The Labute approximate surface area is 190 Å². The Morgan fingerprint density at radius 1 is 1.00 bits per heavy atom. The molecule has 2 aromatic rings. The van der Waals surface area contributed by atoms with Crippen LogP contribution >= 0.6 is 0 Å². The van der Waals surface area contributed by atoms with Crippen molar-refractivity contribution in [2.75, 3.05) is 0 Å². The fraction of sp³-hybridized carbons (Fsp3) is 0.560. The Bertz CT molecular complexity index is 950. The molecule has 2 rings (SSSR count). The van der Waals surface area contributed by atoms with Gasteiger partial charge in [0.25, 0.3) is 0 Å². The number of hydrogen-bond donors (Lipinski definition) is 3. The van der Waals surface area contributed by atoms with Gasteiger partial charge in [-0.2, -0.15) is 0 Å². The van der Waals surface area contributed by atoms with Crippen molar-refractivity contribution in [1.82, 2.24) is 15.6 Å². The fourth-order valence-corrected chi connectivity index (χ4v) is 3.45. The van der Waals surface area contributed by atoms with E-state index in [2.05, 4.69) is 36.4 Å². The fourth-order valence-electron chi connectivity index (χ4n) is 3.45. The summed E-state index contributed by atoms with van der Waals surface area (Å²) in [7, 11) is 0. The number of amides is 2. The Morgan fingerprint density at radius 2 is 1.66 bits per heavy atom. The van der Waals surface area contributed by atoms with Crippen molar-refractivity contribution in [3.05, 3.63) is 36.0 Å². The SMILES string of the molecule is CC(=O)N[C@@H](Cc1c[nH]c2ccccc12)C(=O)N[C@@H](CCC(C)(C)C)C(=O)OC(C)(C)C. The molecule has 1 heterocycles. The van der Waals surface area contributed by atoms with E-state index in [1.165, 1.54) is 6.92 Å². The third-order valence-corrected chi connectivity index (χ3v) is 4.98. The number of para-hydroxylation sites is 1.